The molecule has 0 bridgehead atoms. The van der Waals surface area contributed by atoms with Crippen LogP contribution in [-0.4, -0.2) is 52.6 Å². The van der Waals surface area contributed by atoms with E-state index in [0.717, 1.165) is 38.5 Å². The Morgan fingerprint density at radius 1 is 1.17 bits per heavy atom. The maximum absolute atomic E-state index is 12.7. The quantitative estimate of drug-likeness (QED) is 0.570. The summed E-state index contributed by atoms with van der Waals surface area (Å²) in [6, 6.07) is -0.238. The molecule has 1 N–H and O–H groups in total. The fraction of sp³-hybridized carbons (Fsp3) is 0.895. The summed E-state index contributed by atoms with van der Waals surface area (Å²) in [6.45, 7) is 2.69. The lowest BCUT2D eigenvalue weighted by Crippen LogP contribution is -2.45. The number of rotatable bonds is 7. The van der Waals surface area contributed by atoms with Gasteiger partial charge in [-0.05, 0) is 43.9 Å². The van der Waals surface area contributed by atoms with E-state index in [1.165, 1.54) is 12.8 Å². The Bertz CT molecular complexity index is 511. The molecule has 5 unspecified atom stereocenters. The zero-order valence-electron chi connectivity index (χ0n) is 14.5. The van der Waals surface area contributed by atoms with Crippen LogP contribution in [0.5, 0.6) is 0 Å². The van der Waals surface area contributed by atoms with E-state index in [0.29, 0.717) is 12.5 Å². The molecule has 5 heteroatoms. The summed E-state index contributed by atoms with van der Waals surface area (Å²) >= 11 is 0. The zero-order valence-corrected chi connectivity index (χ0v) is 14.5. The Hall–Kier alpha value is -0.940. The van der Waals surface area contributed by atoms with E-state index in [-0.39, 0.29) is 35.9 Å². The normalized spacial score (nSPS) is 38.2. The molecule has 2 saturated heterocycles. The Morgan fingerprint density at radius 3 is 2.50 bits per heavy atom. The van der Waals surface area contributed by atoms with Gasteiger partial charge in [-0.2, -0.15) is 0 Å². The summed E-state index contributed by atoms with van der Waals surface area (Å²) in [5.74, 6) is -0.566. The molecule has 4 aliphatic rings. The van der Waals surface area contributed by atoms with Gasteiger partial charge in [-0.3, -0.25) is 9.59 Å². The van der Waals surface area contributed by atoms with Crippen molar-refractivity contribution in [3.8, 4) is 0 Å². The minimum atomic E-state index is -0.690. The Balaban J connectivity index is 1.56. The third-order valence-corrected chi connectivity index (χ3v) is 6.49. The van der Waals surface area contributed by atoms with Gasteiger partial charge in [-0.25, -0.2) is 0 Å². The molecule has 2 saturated carbocycles. The number of unbranched alkanes of at least 4 members (excludes halogenated alkanes) is 1. The first-order valence-corrected chi connectivity index (χ1v) is 9.81. The van der Waals surface area contributed by atoms with Gasteiger partial charge in [0.2, 0.25) is 5.78 Å². The number of hydrogen-bond donors (Lipinski definition) is 1. The largest absolute Gasteiger partial charge is 0.392 e. The number of hydrogen-bond acceptors (Lipinski definition) is 4. The Morgan fingerprint density at radius 2 is 1.88 bits per heavy atom. The van der Waals surface area contributed by atoms with Crippen LogP contribution >= 0.6 is 0 Å². The van der Waals surface area contributed by atoms with E-state index in [1.807, 2.05) is 0 Å². The second-order valence-electron chi connectivity index (χ2n) is 8.17. The zero-order chi connectivity index (χ0) is 16.8. The topological polar surface area (TPSA) is 70.1 Å². The van der Waals surface area contributed by atoms with Crippen molar-refractivity contribution in [3.05, 3.63) is 0 Å². The fourth-order valence-corrected chi connectivity index (χ4v) is 4.89. The van der Waals surface area contributed by atoms with E-state index < -0.39 is 12.0 Å². The highest BCUT2D eigenvalue weighted by Gasteiger charge is 2.63. The fourth-order valence-electron chi connectivity index (χ4n) is 4.89. The molecule has 2 aliphatic heterocycles. The van der Waals surface area contributed by atoms with Gasteiger partial charge in [0, 0.05) is 6.54 Å². The molecular weight excluding hydrogens is 306 g/mol. The maximum Gasteiger partial charge on any atom is 0.290 e. The molecule has 0 aromatic carbocycles. The summed E-state index contributed by atoms with van der Waals surface area (Å²) in [6.07, 6.45) is 7.92. The average Bonchev–Trinajstić information content (AvgIpc) is 3.48. The van der Waals surface area contributed by atoms with Crippen molar-refractivity contribution < 1.29 is 19.4 Å². The molecule has 0 aromatic rings. The van der Waals surface area contributed by atoms with E-state index >= 15 is 0 Å². The molecule has 1 amide bonds. The number of ketones is 1. The van der Waals surface area contributed by atoms with Crippen LogP contribution in [0.25, 0.3) is 0 Å². The van der Waals surface area contributed by atoms with Gasteiger partial charge in [0.05, 0.1) is 24.2 Å². The summed E-state index contributed by atoms with van der Waals surface area (Å²) < 4.78 is 5.92. The molecular formula is C19H29NO4. The van der Waals surface area contributed by atoms with Crippen molar-refractivity contribution in [2.24, 2.45) is 17.8 Å². The number of ether oxygens (including phenoxy) is 1. The molecule has 4 fully saturated rings. The second kappa shape index (κ2) is 6.41. The van der Waals surface area contributed by atoms with Crippen LogP contribution in [0.3, 0.4) is 0 Å². The van der Waals surface area contributed by atoms with Crippen molar-refractivity contribution in [2.75, 3.05) is 6.54 Å². The monoisotopic (exact) mass is 335 g/mol. The number of epoxide rings is 1. The molecule has 0 spiro atoms. The third kappa shape index (κ3) is 2.80. The molecule has 2 heterocycles. The van der Waals surface area contributed by atoms with Gasteiger partial charge in [-0.1, -0.05) is 26.2 Å². The van der Waals surface area contributed by atoms with Crippen molar-refractivity contribution in [2.45, 2.75) is 82.6 Å². The standard InChI is InChI=1S/C19H29NO4/c1-2-3-10-20-14(18-17(24-18)12-8-9-12)13(16(22)19(20)23)15(21)11-6-4-5-7-11/h11-15,17-18,21H,2-10H2,1H3. The van der Waals surface area contributed by atoms with Gasteiger partial charge < -0.3 is 14.7 Å². The summed E-state index contributed by atoms with van der Waals surface area (Å²) in [7, 11) is 0. The molecule has 24 heavy (non-hydrogen) atoms. The van der Waals surface area contributed by atoms with Crippen LogP contribution in [-0.2, 0) is 14.3 Å². The van der Waals surface area contributed by atoms with E-state index in [4.69, 9.17) is 4.74 Å². The number of aliphatic hydroxyl groups is 1. The molecule has 2 aliphatic carbocycles. The molecule has 0 radical (unpaired) electrons. The van der Waals surface area contributed by atoms with Crippen LogP contribution in [0.2, 0.25) is 0 Å². The van der Waals surface area contributed by atoms with Crippen LogP contribution in [0.15, 0.2) is 0 Å². The minimum absolute atomic E-state index is 0.0363. The number of nitrogens with zero attached hydrogens (tertiary/aromatic N) is 1. The first-order chi connectivity index (χ1) is 11.6. The van der Waals surface area contributed by atoms with Crippen molar-refractivity contribution in [1.82, 2.24) is 4.90 Å². The van der Waals surface area contributed by atoms with Crippen LogP contribution in [0, 0.1) is 17.8 Å². The van der Waals surface area contributed by atoms with Gasteiger partial charge in [0.1, 0.15) is 6.10 Å². The van der Waals surface area contributed by atoms with Gasteiger partial charge >= 0.3 is 0 Å². The highest BCUT2D eigenvalue weighted by molar-refractivity contribution is 6.39. The molecule has 134 valence electrons. The lowest BCUT2D eigenvalue weighted by atomic mass is 9.82. The number of amides is 1. The molecule has 0 aromatic heterocycles. The second-order valence-corrected chi connectivity index (χ2v) is 8.17. The lowest BCUT2D eigenvalue weighted by Gasteiger charge is -2.30. The number of carbonyl (C=O) groups is 2. The van der Waals surface area contributed by atoms with Gasteiger partial charge in [0.25, 0.3) is 5.91 Å². The summed E-state index contributed by atoms with van der Waals surface area (Å²) in [5, 5.41) is 10.9. The maximum atomic E-state index is 12.7. The van der Waals surface area contributed by atoms with Gasteiger partial charge in [-0.15, -0.1) is 0 Å². The van der Waals surface area contributed by atoms with Crippen molar-refractivity contribution >= 4 is 11.7 Å². The molecule has 5 atom stereocenters. The van der Waals surface area contributed by atoms with Crippen LogP contribution < -0.4 is 0 Å². The van der Waals surface area contributed by atoms with Crippen molar-refractivity contribution in [3.63, 3.8) is 0 Å². The molecule has 5 nitrogen and oxygen atoms in total. The Labute approximate surface area is 143 Å². The molecule has 4 rings (SSSR count). The number of Topliss-reactive ketones (excluding diaryl/α,β-unsaturated/α-hetero) is 1. The third-order valence-electron chi connectivity index (χ3n) is 6.49. The summed E-state index contributed by atoms with van der Waals surface area (Å²) in [4.78, 5) is 27.0. The predicted molar refractivity (Wildman–Crippen MR) is 88.3 cm³/mol. The summed E-state index contributed by atoms with van der Waals surface area (Å²) in [5.41, 5.74) is 0. The Kier molecular flexibility index (Phi) is 4.42. The van der Waals surface area contributed by atoms with E-state index in [9.17, 15) is 14.7 Å². The van der Waals surface area contributed by atoms with E-state index in [2.05, 4.69) is 6.92 Å². The highest BCUT2D eigenvalue weighted by Crippen LogP contribution is 2.50. The van der Waals surface area contributed by atoms with E-state index in [1.54, 1.807) is 4.90 Å². The number of carbonyl (C=O) groups excluding carboxylic acids is 2. The SMILES string of the molecule is CCCCN1C(=O)C(=O)C(C(O)C2CCCC2)C1C1OC1C1CC1. The minimum Gasteiger partial charge on any atom is -0.392 e. The average molecular weight is 335 g/mol. The number of aliphatic hydroxyl groups excluding tert-OH is 1. The predicted octanol–water partition coefficient (Wildman–Crippen LogP) is 1.91. The van der Waals surface area contributed by atoms with Crippen molar-refractivity contribution in [1.29, 1.82) is 0 Å². The van der Waals surface area contributed by atoms with Crippen LogP contribution in [0.1, 0.15) is 58.3 Å². The highest BCUT2D eigenvalue weighted by atomic mass is 16.6. The smallest absolute Gasteiger partial charge is 0.290 e. The van der Waals surface area contributed by atoms with Gasteiger partial charge in [0.15, 0.2) is 0 Å². The number of likely N-dealkylation sites (tertiary alicyclic amines) is 1. The first kappa shape index (κ1) is 16.5. The first-order valence-electron chi connectivity index (χ1n) is 9.81. The lowest BCUT2D eigenvalue weighted by molar-refractivity contribution is -0.142. The van der Waals surface area contributed by atoms with Crippen LogP contribution in [0.4, 0.5) is 0 Å².